The molecule has 0 aromatic carbocycles. The zero-order chi connectivity index (χ0) is 29.8. The van der Waals surface area contributed by atoms with Gasteiger partial charge in [-0.2, -0.15) is 0 Å². The number of hydrogen-bond donors (Lipinski definition) is 0. The summed E-state index contributed by atoms with van der Waals surface area (Å²) in [5, 5.41) is 0. The number of amides is 1. The van der Waals surface area contributed by atoms with E-state index in [-0.39, 0.29) is 28.7 Å². The average Bonchev–Trinajstić information content (AvgIpc) is 3.21. The van der Waals surface area contributed by atoms with E-state index < -0.39 is 29.2 Å². The van der Waals surface area contributed by atoms with E-state index in [1.807, 2.05) is 41.5 Å². The zero-order valence-electron chi connectivity index (χ0n) is 25.6. The van der Waals surface area contributed by atoms with E-state index in [2.05, 4.69) is 18.8 Å². The predicted octanol–water partition coefficient (Wildman–Crippen LogP) is 6.62. The maximum Gasteiger partial charge on any atom is 0.350 e. The molecule has 0 radical (unpaired) electrons. The standard InChI is InChI=1S/C31H47NO6S/c1-20-12-14-21(15-13-20)26(33)32(24(19-37-30(5,6)7)27(34)38-31(8,9)10)23-18-22(16-17-29(2,3)4)39-25(23)28(35)36-11/h18,20-21,24H,12-15,19H2,1-11H3/t20-,21-,24-/m0/s1. The summed E-state index contributed by atoms with van der Waals surface area (Å²) in [4.78, 5) is 43.3. The molecular formula is C31H47NO6S. The summed E-state index contributed by atoms with van der Waals surface area (Å²) in [6, 6.07) is 0.615. The Morgan fingerprint density at radius 3 is 2.08 bits per heavy atom. The Morgan fingerprint density at radius 2 is 1.59 bits per heavy atom. The summed E-state index contributed by atoms with van der Waals surface area (Å²) in [6.07, 6.45) is 3.28. The molecule has 1 amide bonds. The van der Waals surface area contributed by atoms with Crippen LogP contribution in [0.25, 0.3) is 0 Å². The van der Waals surface area contributed by atoms with E-state index in [0.29, 0.717) is 29.3 Å². The van der Waals surface area contributed by atoms with Crippen molar-refractivity contribution in [1.29, 1.82) is 0 Å². The van der Waals surface area contributed by atoms with Gasteiger partial charge in [-0.1, -0.05) is 18.8 Å². The Bertz CT molecular complexity index is 1080. The molecule has 8 heteroatoms. The van der Waals surface area contributed by atoms with Crippen LogP contribution in [0, 0.1) is 29.1 Å². The minimum absolute atomic E-state index is 0.0905. The number of rotatable bonds is 7. The number of thiophene rings is 1. The molecule has 1 heterocycles. The number of esters is 2. The smallest absolute Gasteiger partial charge is 0.350 e. The van der Waals surface area contributed by atoms with Crippen LogP contribution < -0.4 is 4.90 Å². The number of hydrogen-bond acceptors (Lipinski definition) is 7. The summed E-state index contributed by atoms with van der Waals surface area (Å²) in [5.74, 6) is 5.20. The van der Waals surface area contributed by atoms with Crippen molar-refractivity contribution in [1.82, 2.24) is 0 Å². The molecule has 7 nitrogen and oxygen atoms in total. The molecule has 1 aromatic rings. The van der Waals surface area contributed by atoms with Crippen molar-refractivity contribution < 1.29 is 28.6 Å². The maximum atomic E-state index is 14.3. The van der Waals surface area contributed by atoms with Crippen molar-refractivity contribution in [3.05, 3.63) is 15.8 Å². The Labute approximate surface area is 239 Å². The largest absolute Gasteiger partial charge is 0.465 e. The van der Waals surface area contributed by atoms with E-state index in [1.54, 1.807) is 26.8 Å². The molecule has 39 heavy (non-hydrogen) atoms. The molecule has 0 unspecified atom stereocenters. The third kappa shape index (κ3) is 10.3. The highest BCUT2D eigenvalue weighted by Crippen LogP contribution is 2.37. The van der Waals surface area contributed by atoms with Gasteiger partial charge in [0.15, 0.2) is 6.04 Å². The fourth-order valence-electron chi connectivity index (χ4n) is 4.20. The highest BCUT2D eigenvalue weighted by molar-refractivity contribution is 7.15. The SMILES string of the molecule is COC(=O)c1sc(C#CC(C)(C)C)cc1N(C(=O)[C@H]1CC[C@H](C)CC1)[C@@H](COC(C)(C)C)C(=O)OC(C)(C)C. The molecule has 0 saturated heterocycles. The van der Waals surface area contributed by atoms with Crippen LogP contribution in [0.2, 0.25) is 0 Å². The van der Waals surface area contributed by atoms with E-state index in [1.165, 1.54) is 12.0 Å². The number of carbonyl (C=O) groups is 3. The third-order valence-corrected chi connectivity index (χ3v) is 7.19. The Hall–Kier alpha value is -2.37. The van der Waals surface area contributed by atoms with Crippen molar-refractivity contribution in [2.45, 2.75) is 112 Å². The van der Waals surface area contributed by atoms with Crippen LogP contribution in [-0.4, -0.2) is 48.8 Å². The first kappa shape index (κ1) is 32.8. The Morgan fingerprint density at radius 1 is 1.00 bits per heavy atom. The van der Waals surface area contributed by atoms with Crippen LogP contribution in [0.3, 0.4) is 0 Å². The second-order valence-electron chi connectivity index (χ2n) is 13.5. The molecule has 1 aromatic heterocycles. The molecule has 0 aliphatic heterocycles. The lowest BCUT2D eigenvalue weighted by molar-refractivity contribution is -0.160. The fourth-order valence-corrected chi connectivity index (χ4v) is 5.12. The van der Waals surface area contributed by atoms with Crippen LogP contribution in [0.15, 0.2) is 6.07 Å². The summed E-state index contributed by atoms with van der Waals surface area (Å²) < 4.78 is 17.0. The minimum atomic E-state index is -1.10. The molecular weight excluding hydrogens is 514 g/mol. The number of anilines is 1. The van der Waals surface area contributed by atoms with E-state index in [4.69, 9.17) is 14.2 Å². The van der Waals surface area contributed by atoms with Crippen molar-refractivity contribution in [2.24, 2.45) is 17.3 Å². The van der Waals surface area contributed by atoms with Crippen LogP contribution in [0.5, 0.6) is 0 Å². The van der Waals surface area contributed by atoms with E-state index in [0.717, 1.165) is 24.2 Å². The third-order valence-electron chi connectivity index (χ3n) is 6.17. The van der Waals surface area contributed by atoms with Gasteiger partial charge in [0.1, 0.15) is 10.5 Å². The van der Waals surface area contributed by atoms with E-state index in [9.17, 15) is 14.4 Å². The second kappa shape index (κ2) is 12.9. The number of ether oxygens (including phenoxy) is 3. The fraction of sp³-hybridized carbons (Fsp3) is 0.710. The Balaban J connectivity index is 2.74. The second-order valence-corrected chi connectivity index (χ2v) is 14.5. The van der Waals surface area contributed by atoms with Gasteiger partial charge < -0.3 is 14.2 Å². The highest BCUT2D eigenvalue weighted by atomic mass is 32.1. The highest BCUT2D eigenvalue weighted by Gasteiger charge is 2.41. The lowest BCUT2D eigenvalue weighted by Gasteiger charge is -2.37. The summed E-state index contributed by atoms with van der Waals surface area (Å²) >= 11 is 1.16. The van der Waals surface area contributed by atoms with Crippen LogP contribution >= 0.6 is 11.3 Å². The number of nitrogens with zero attached hydrogens (tertiary/aromatic N) is 1. The van der Waals surface area contributed by atoms with Crippen LogP contribution in [-0.2, 0) is 23.8 Å². The number of carbonyl (C=O) groups excluding carboxylic acids is 3. The zero-order valence-corrected chi connectivity index (χ0v) is 26.5. The van der Waals surface area contributed by atoms with Gasteiger partial charge in [0.2, 0.25) is 5.91 Å². The van der Waals surface area contributed by atoms with Crippen LogP contribution in [0.1, 0.15) is 109 Å². The first-order valence-corrected chi connectivity index (χ1v) is 14.6. The van der Waals surface area contributed by atoms with Crippen molar-refractivity contribution in [2.75, 3.05) is 18.6 Å². The minimum Gasteiger partial charge on any atom is -0.465 e. The summed E-state index contributed by atoms with van der Waals surface area (Å²) in [6.45, 7) is 19.1. The maximum absolute atomic E-state index is 14.3. The van der Waals surface area contributed by atoms with Gasteiger partial charge in [-0.15, -0.1) is 11.3 Å². The normalized spacial score (nSPS) is 18.9. The quantitative estimate of drug-likeness (QED) is 0.275. The molecule has 1 atom stereocenters. The molecule has 218 valence electrons. The first-order valence-electron chi connectivity index (χ1n) is 13.8. The topological polar surface area (TPSA) is 82.1 Å². The molecule has 2 rings (SSSR count). The van der Waals surface area contributed by atoms with Gasteiger partial charge in [-0.05, 0) is 100.0 Å². The summed E-state index contributed by atoms with van der Waals surface area (Å²) in [5.41, 5.74) is -1.31. The molecule has 1 saturated carbocycles. The first-order chi connectivity index (χ1) is 17.8. The molecule has 0 bridgehead atoms. The molecule has 1 aliphatic rings. The van der Waals surface area contributed by atoms with Gasteiger partial charge >= 0.3 is 11.9 Å². The van der Waals surface area contributed by atoms with Gasteiger partial charge in [0.25, 0.3) is 0 Å². The Kier molecular flexibility index (Phi) is 10.8. The number of methoxy groups -OCH3 is 1. The van der Waals surface area contributed by atoms with Gasteiger partial charge in [0, 0.05) is 11.3 Å². The molecule has 0 N–H and O–H groups in total. The van der Waals surface area contributed by atoms with E-state index >= 15 is 0 Å². The summed E-state index contributed by atoms with van der Waals surface area (Å²) in [7, 11) is 1.30. The van der Waals surface area contributed by atoms with Gasteiger partial charge in [-0.25, -0.2) is 9.59 Å². The van der Waals surface area contributed by atoms with Crippen LogP contribution in [0.4, 0.5) is 5.69 Å². The van der Waals surface area contributed by atoms with Gasteiger partial charge in [0.05, 0.1) is 29.9 Å². The average molecular weight is 562 g/mol. The van der Waals surface area contributed by atoms with Crippen molar-refractivity contribution in [3.63, 3.8) is 0 Å². The lowest BCUT2D eigenvalue weighted by atomic mass is 9.82. The predicted molar refractivity (Wildman–Crippen MR) is 156 cm³/mol. The lowest BCUT2D eigenvalue weighted by Crippen LogP contribution is -2.53. The molecule has 0 spiro atoms. The van der Waals surface area contributed by atoms with Gasteiger partial charge in [-0.3, -0.25) is 9.69 Å². The molecule has 1 fully saturated rings. The monoisotopic (exact) mass is 561 g/mol. The van der Waals surface area contributed by atoms with Crippen molar-refractivity contribution in [3.8, 4) is 11.8 Å². The van der Waals surface area contributed by atoms with Crippen molar-refractivity contribution >= 4 is 34.9 Å². The molecule has 1 aliphatic carbocycles.